The Morgan fingerprint density at radius 2 is 1.15 bits per heavy atom. The molecule has 2 aromatic rings. The van der Waals surface area contributed by atoms with Gasteiger partial charge in [0.15, 0.2) is 0 Å². The van der Waals surface area contributed by atoms with E-state index in [1.54, 1.807) is 36.4 Å². The van der Waals surface area contributed by atoms with E-state index in [2.05, 4.69) is 0 Å². The summed E-state index contributed by atoms with van der Waals surface area (Å²) < 4.78 is 52.9. The van der Waals surface area contributed by atoms with Gasteiger partial charge in [-0.25, -0.2) is 16.8 Å². The summed E-state index contributed by atoms with van der Waals surface area (Å²) in [6.45, 7) is 5.12. The van der Waals surface area contributed by atoms with Crippen molar-refractivity contribution in [2.75, 3.05) is 6.54 Å². The van der Waals surface area contributed by atoms with Crippen LogP contribution in [0.25, 0.3) is 0 Å². The summed E-state index contributed by atoms with van der Waals surface area (Å²) >= 11 is 6.37. The second-order valence-corrected chi connectivity index (χ2v) is 11.4. The van der Waals surface area contributed by atoms with Crippen LogP contribution in [-0.2, 0) is 20.0 Å². The van der Waals surface area contributed by atoms with Crippen LogP contribution in [0.2, 0.25) is 0 Å². The van der Waals surface area contributed by atoms with Crippen molar-refractivity contribution in [3.05, 3.63) is 60.7 Å². The van der Waals surface area contributed by atoms with Gasteiger partial charge in [-0.05, 0) is 29.7 Å². The molecule has 0 aromatic heterocycles. The minimum atomic E-state index is -4.30. The Balaban J connectivity index is 2.60. The van der Waals surface area contributed by atoms with Gasteiger partial charge in [0.25, 0.3) is 20.0 Å². The zero-order valence-electron chi connectivity index (χ0n) is 14.8. The quantitative estimate of drug-likeness (QED) is 0.674. The summed E-state index contributed by atoms with van der Waals surface area (Å²) in [5.74, 6) is 0. The maximum atomic E-state index is 13.1. The molecular weight excluding hydrogens is 394 g/mol. The fourth-order valence-corrected chi connectivity index (χ4v) is 6.16. The molecule has 0 amide bonds. The van der Waals surface area contributed by atoms with E-state index in [1.165, 1.54) is 24.3 Å². The molecule has 0 N–H and O–H groups in total. The topological polar surface area (TPSA) is 71.5 Å². The molecule has 26 heavy (non-hydrogen) atoms. The summed E-state index contributed by atoms with van der Waals surface area (Å²) in [6.07, 6.45) is 0. The first kappa shape index (κ1) is 20.9. The first-order valence-electron chi connectivity index (χ1n) is 7.99. The number of sulfonamides is 2. The van der Waals surface area contributed by atoms with E-state index in [0.717, 1.165) is 0 Å². The van der Waals surface area contributed by atoms with Crippen LogP contribution < -0.4 is 0 Å². The Bertz CT molecular complexity index is 868. The van der Waals surface area contributed by atoms with Crippen molar-refractivity contribution in [1.82, 2.24) is 3.71 Å². The molecule has 0 aliphatic rings. The summed E-state index contributed by atoms with van der Waals surface area (Å²) in [5, 5.41) is -0.709. The molecule has 0 radical (unpaired) electrons. The smallest absolute Gasteiger partial charge is 0.206 e. The maximum absolute atomic E-state index is 13.1. The highest BCUT2D eigenvalue weighted by Crippen LogP contribution is 2.30. The fraction of sp³-hybridized carbons (Fsp3) is 0.333. The van der Waals surface area contributed by atoms with Gasteiger partial charge < -0.3 is 0 Å². The molecule has 0 fully saturated rings. The van der Waals surface area contributed by atoms with E-state index >= 15 is 0 Å². The lowest BCUT2D eigenvalue weighted by Crippen LogP contribution is -2.43. The number of alkyl halides is 1. The van der Waals surface area contributed by atoms with Crippen molar-refractivity contribution >= 4 is 31.6 Å². The van der Waals surface area contributed by atoms with Crippen LogP contribution in [0.15, 0.2) is 70.5 Å². The number of hydrogen-bond acceptors (Lipinski definition) is 4. The Kier molecular flexibility index (Phi) is 6.17. The van der Waals surface area contributed by atoms with Gasteiger partial charge in [-0.15, -0.1) is 11.6 Å². The highest BCUT2D eigenvalue weighted by atomic mass is 35.5. The van der Waals surface area contributed by atoms with Gasteiger partial charge in [-0.3, -0.25) is 0 Å². The number of rotatable bonds is 6. The monoisotopic (exact) mass is 415 g/mol. The Labute approximate surface area is 160 Å². The average Bonchev–Trinajstić information content (AvgIpc) is 2.59. The van der Waals surface area contributed by atoms with Crippen LogP contribution in [0.4, 0.5) is 0 Å². The second kappa shape index (κ2) is 7.68. The van der Waals surface area contributed by atoms with Crippen molar-refractivity contribution in [3.63, 3.8) is 0 Å². The van der Waals surface area contributed by atoms with Gasteiger partial charge in [-0.2, -0.15) is 0 Å². The molecule has 0 saturated carbocycles. The van der Waals surface area contributed by atoms with E-state index < -0.39 is 30.8 Å². The van der Waals surface area contributed by atoms with E-state index in [0.29, 0.717) is 3.71 Å². The normalized spacial score (nSPS) is 14.3. The fourth-order valence-electron chi connectivity index (χ4n) is 2.15. The lowest BCUT2D eigenvalue weighted by Gasteiger charge is -2.30. The standard InChI is InChI=1S/C18H22ClNO4S2/c1-18(2,3)17(19)14-20(25(21,22)15-10-6-4-7-11-15)26(23,24)16-12-8-5-9-13-16/h4-13,17H,14H2,1-3H3. The molecule has 0 heterocycles. The van der Waals surface area contributed by atoms with Crippen molar-refractivity contribution in [2.45, 2.75) is 35.9 Å². The van der Waals surface area contributed by atoms with Gasteiger partial charge in [0.1, 0.15) is 0 Å². The Hall–Kier alpha value is -1.41. The number of benzene rings is 2. The zero-order valence-corrected chi connectivity index (χ0v) is 17.2. The van der Waals surface area contributed by atoms with Gasteiger partial charge >= 0.3 is 0 Å². The van der Waals surface area contributed by atoms with Crippen LogP contribution in [-0.4, -0.2) is 32.5 Å². The van der Waals surface area contributed by atoms with Crippen LogP contribution in [0.5, 0.6) is 0 Å². The van der Waals surface area contributed by atoms with E-state index in [-0.39, 0.29) is 16.3 Å². The number of nitrogens with zero attached hydrogens (tertiary/aromatic N) is 1. The molecule has 0 saturated heterocycles. The third-order valence-electron chi connectivity index (χ3n) is 3.87. The molecule has 1 unspecified atom stereocenters. The molecule has 2 rings (SSSR count). The van der Waals surface area contributed by atoms with E-state index in [9.17, 15) is 16.8 Å². The third-order valence-corrected chi connectivity index (χ3v) is 8.94. The first-order chi connectivity index (χ1) is 12.0. The lowest BCUT2D eigenvalue weighted by atomic mass is 9.92. The highest BCUT2D eigenvalue weighted by Gasteiger charge is 2.40. The minimum absolute atomic E-state index is 0.0997. The predicted molar refractivity (Wildman–Crippen MR) is 103 cm³/mol. The largest absolute Gasteiger partial charge is 0.256 e. The minimum Gasteiger partial charge on any atom is -0.206 e. The maximum Gasteiger partial charge on any atom is 0.256 e. The van der Waals surface area contributed by atoms with Crippen molar-refractivity contribution in [3.8, 4) is 0 Å². The highest BCUT2D eigenvalue weighted by molar-refractivity contribution is 8.04. The molecule has 0 spiro atoms. The van der Waals surface area contributed by atoms with Gasteiger partial charge in [0.05, 0.1) is 15.2 Å². The van der Waals surface area contributed by atoms with Crippen LogP contribution >= 0.6 is 11.6 Å². The van der Waals surface area contributed by atoms with Gasteiger partial charge in [0.2, 0.25) is 0 Å². The van der Waals surface area contributed by atoms with Gasteiger partial charge in [0, 0.05) is 6.54 Å². The summed E-state index contributed by atoms with van der Waals surface area (Å²) in [6, 6.07) is 15.0. The average molecular weight is 416 g/mol. The van der Waals surface area contributed by atoms with E-state index in [4.69, 9.17) is 11.6 Å². The van der Waals surface area contributed by atoms with Gasteiger partial charge in [-0.1, -0.05) is 60.9 Å². The molecule has 0 bridgehead atoms. The molecule has 0 aliphatic heterocycles. The molecule has 142 valence electrons. The lowest BCUT2D eigenvalue weighted by molar-refractivity contribution is 0.358. The number of halogens is 1. The zero-order chi connectivity index (χ0) is 19.6. The van der Waals surface area contributed by atoms with Crippen LogP contribution in [0.1, 0.15) is 20.8 Å². The van der Waals surface area contributed by atoms with E-state index in [1.807, 2.05) is 20.8 Å². The molecule has 2 aromatic carbocycles. The predicted octanol–water partition coefficient (Wildman–Crippen LogP) is 3.72. The number of hydrogen-bond donors (Lipinski definition) is 0. The Morgan fingerprint density at radius 3 is 1.46 bits per heavy atom. The first-order valence-corrected chi connectivity index (χ1v) is 11.3. The van der Waals surface area contributed by atoms with Crippen LogP contribution in [0.3, 0.4) is 0 Å². The molecule has 5 nitrogen and oxygen atoms in total. The summed E-state index contributed by atoms with van der Waals surface area (Å²) in [4.78, 5) is -0.199. The second-order valence-electron chi connectivity index (χ2n) is 6.93. The Morgan fingerprint density at radius 1 is 0.808 bits per heavy atom. The molecular formula is C18H22ClNO4S2. The molecule has 1 atom stereocenters. The summed E-state index contributed by atoms with van der Waals surface area (Å²) in [7, 11) is -8.60. The van der Waals surface area contributed by atoms with Crippen molar-refractivity contribution in [2.24, 2.45) is 5.41 Å². The SMILES string of the molecule is CC(C)(C)C(Cl)CN(S(=O)(=O)c1ccccc1)S(=O)(=O)c1ccccc1. The molecule has 8 heteroatoms. The van der Waals surface area contributed by atoms with Crippen molar-refractivity contribution in [1.29, 1.82) is 0 Å². The van der Waals surface area contributed by atoms with Crippen LogP contribution in [0, 0.1) is 5.41 Å². The van der Waals surface area contributed by atoms with Crippen molar-refractivity contribution < 1.29 is 16.8 Å². The summed E-state index contributed by atoms with van der Waals surface area (Å²) in [5.41, 5.74) is -0.488. The molecule has 0 aliphatic carbocycles. The third kappa shape index (κ3) is 4.46.